The molecule has 7 heteroatoms. The number of nitrogens with two attached hydrogens (primary N) is 1. The van der Waals surface area contributed by atoms with Crippen LogP contribution in [0.1, 0.15) is 11.1 Å². The number of rotatable bonds is 2. The Labute approximate surface area is 120 Å². The molecule has 0 saturated carbocycles. The molecule has 0 atom stereocenters. The summed E-state index contributed by atoms with van der Waals surface area (Å²) in [7, 11) is 0. The van der Waals surface area contributed by atoms with E-state index < -0.39 is 0 Å². The maximum Gasteiger partial charge on any atom is 0.169 e. The summed E-state index contributed by atoms with van der Waals surface area (Å²) in [6, 6.07) is 5.66. The van der Waals surface area contributed by atoms with Crippen LogP contribution in [0, 0.1) is 13.8 Å². The molecule has 3 rings (SSSR count). The van der Waals surface area contributed by atoms with Gasteiger partial charge in [0.05, 0.1) is 11.0 Å². The largest absolute Gasteiger partial charge is 0.307 e. The van der Waals surface area contributed by atoms with Gasteiger partial charge in [-0.2, -0.15) is 5.10 Å². The van der Waals surface area contributed by atoms with Crippen LogP contribution in [-0.4, -0.2) is 20.2 Å². The maximum absolute atomic E-state index is 5.85. The first-order chi connectivity index (χ1) is 9.58. The Morgan fingerprint density at radius 1 is 1.10 bits per heavy atom. The van der Waals surface area contributed by atoms with E-state index in [4.69, 9.17) is 17.4 Å². The van der Waals surface area contributed by atoms with E-state index in [9.17, 15) is 0 Å². The van der Waals surface area contributed by atoms with Crippen LogP contribution in [0.3, 0.4) is 0 Å². The van der Waals surface area contributed by atoms with Crippen LogP contribution in [0.5, 0.6) is 0 Å². The van der Waals surface area contributed by atoms with Crippen molar-refractivity contribution in [2.75, 3.05) is 5.43 Å². The summed E-state index contributed by atoms with van der Waals surface area (Å²) in [6.45, 7) is 4.07. The Morgan fingerprint density at radius 3 is 2.30 bits per heavy atom. The molecule has 102 valence electrons. The third-order valence-corrected chi connectivity index (χ3v) is 3.40. The van der Waals surface area contributed by atoms with E-state index in [0.717, 1.165) is 22.2 Å². The summed E-state index contributed by atoms with van der Waals surface area (Å²) in [6.07, 6.45) is 0. The molecule has 4 N–H and O–H groups in total. The average molecular weight is 289 g/mol. The van der Waals surface area contributed by atoms with Gasteiger partial charge >= 0.3 is 0 Å². The number of benzene rings is 1. The number of nitrogens with zero attached hydrogens (tertiary/aromatic N) is 3. The zero-order chi connectivity index (χ0) is 14.3. The number of nitrogens with one attached hydrogen (secondary N) is 2. The molecule has 0 spiro atoms. The summed E-state index contributed by atoms with van der Waals surface area (Å²) >= 11 is 5.85. The summed E-state index contributed by atoms with van der Waals surface area (Å²) < 4.78 is 0. The fraction of sp³-hybridized carbons (Fsp3) is 0.154. The van der Waals surface area contributed by atoms with E-state index in [1.807, 2.05) is 26.0 Å². The van der Waals surface area contributed by atoms with E-state index in [-0.39, 0.29) is 0 Å². The maximum atomic E-state index is 5.85. The third kappa shape index (κ3) is 2.09. The molecule has 0 fully saturated rings. The zero-order valence-electron chi connectivity index (χ0n) is 11.0. The molecule has 3 aromatic rings. The lowest BCUT2D eigenvalue weighted by molar-refractivity contribution is 1.08. The molecule has 2 aromatic heterocycles. The fourth-order valence-corrected chi connectivity index (χ4v) is 2.16. The van der Waals surface area contributed by atoms with Gasteiger partial charge in [0.1, 0.15) is 16.5 Å². The van der Waals surface area contributed by atoms with Crippen LogP contribution in [0.15, 0.2) is 18.2 Å². The standard InChI is InChI=1S/C13H13ClN6/c1-6-3-8-9(4-7(6)2)17-13(18-15)12(16-8)10-5-11(14)20-19-10/h3-5H,15H2,1-2H3,(H,17,18)(H,19,20). The second-order valence-corrected chi connectivity index (χ2v) is 5.00. The van der Waals surface area contributed by atoms with Gasteiger partial charge in [0, 0.05) is 6.07 Å². The van der Waals surface area contributed by atoms with Gasteiger partial charge in [0.15, 0.2) is 5.82 Å². The summed E-state index contributed by atoms with van der Waals surface area (Å²) in [5.74, 6) is 5.99. The molecule has 0 aliphatic carbocycles. The average Bonchev–Trinajstić information content (AvgIpc) is 2.85. The molecule has 0 saturated heterocycles. The van der Waals surface area contributed by atoms with Gasteiger partial charge in [-0.15, -0.1) is 0 Å². The highest BCUT2D eigenvalue weighted by molar-refractivity contribution is 6.29. The highest BCUT2D eigenvalue weighted by atomic mass is 35.5. The van der Waals surface area contributed by atoms with Gasteiger partial charge in [-0.25, -0.2) is 15.8 Å². The van der Waals surface area contributed by atoms with Crippen molar-refractivity contribution >= 4 is 28.5 Å². The van der Waals surface area contributed by atoms with E-state index >= 15 is 0 Å². The van der Waals surface area contributed by atoms with Gasteiger partial charge in [-0.3, -0.25) is 5.10 Å². The fourth-order valence-electron chi connectivity index (χ4n) is 2.01. The van der Waals surface area contributed by atoms with Crippen molar-refractivity contribution < 1.29 is 0 Å². The topological polar surface area (TPSA) is 92.5 Å². The van der Waals surface area contributed by atoms with Crippen molar-refractivity contribution in [3.63, 3.8) is 0 Å². The summed E-state index contributed by atoms with van der Waals surface area (Å²) in [5, 5.41) is 7.19. The van der Waals surface area contributed by atoms with Crippen LogP contribution in [0.25, 0.3) is 22.4 Å². The predicted molar refractivity (Wildman–Crippen MR) is 79.4 cm³/mol. The number of hydrogen-bond acceptors (Lipinski definition) is 5. The minimum Gasteiger partial charge on any atom is -0.307 e. The molecule has 1 aromatic carbocycles. The van der Waals surface area contributed by atoms with Crippen LogP contribution in [0.4, 0.5) is 5.82 Å². The van der Waals surface area contributed by atoms with E-state index in [2.05, 4.69) is 25.6 Å². The number of aromatic amines is 1. The molecule has 2 heterocycles. The van der Waals surface area contributed by atoms with Crippen LogP contribution >= 0.6 is 11.6 Å². The van der Waals surface area contributed by atoms with Crippen molar-refractivity contribution in [1.29, 1.82) is 0 Å². The number of halogens is 1. The highest BCUT2D eigenvalue weighted by Crippen LogP contribution is 2.27. The van der Waals surface area contributed by atoms with Crippen LogP contribution < -0.4 is 11.3 Å². The number of H-pyrrole nitrogens is 1. The monoisotopic (exact) mass is 288 g/mol. The first-order valence-electron chi connectivity index (χ1n) is 6.05. The van der Waals surface area contributed by atoms with Crippen molar-refractivity contribution in [2.24, 2.45) is 5.84 Å². The lowest BCUT2D eigenvalue weighted by Crippen LogP contribution is -2.11. The van der Waals surface area contributed by atoms with Crippen LogP contribution in [-0.2, 0) is 0 Å². The van der Waals surface area contributed by atoms with Crippen molar-refractivity contribution in [3.8, 4) is 11.4 Å². The Bertz CT molecular complexity index is 795. The molecule has 6 nitrogen and oxygen atoms in total. The van der Waals surface area contributed by atoms with Gasteiger partial charge < -0.3 is 5.43 Å². The van der Waals surface area contributed by atoms with Gasteiger partial charge in [0.25, 0.3) is 0 Å². The third-order valence-electron chi connectivity index (χ3n) is 3.21. The van der Waals surface area contributed by atoms with Crippen molar-refractivity contribution in [3.05, 3.63) is 34.5 Å². The van der Waals surface area contributed by atoms with E-state index in [0.29, 0.717) is 22.4 Å². The number of hydrogen-bond donors (Lipinski definition) is 3. The normalized spacial score (nSPS) is 11.0. The van der Waals surface area contributed by atoms with E-state index in [1.165, 1.54) is 0 Å². The second kappa shape index (κ2) is 4.73. The van der Waals surface area contributed by atoms with Gasteiger partial charge in [0.2, 0.25) is 0 Å². The van der Waals surface area contributed by atoms with Crippen molar-refractivity contribution in [1.82, 2.24) is 20.2 Å². The number of aryl methyl sites for hydroxylation is 2. The number of anilines is 1. The minimum absolute atomic E-state index is 0.435. The Kier molecular flexibility index (Phi) is 3.04. The molecule has 0 aliphatic rings. The number of fused-ring (bicyclic) bond motifs is 1. The molecule has 0 amide bonds. The Morgan fingerprint density at radius 2 is 1.75 bits per heavy atom. The zero-order valence-corrected chi connectivity index (χ0v) is 11.8. The minimum atomic E-state index is 0.435. The molecular formula is C13H13ClN6. The van der Waals surface area contributed by atoms with Crippen molar-refractivity contribution in [2.45, 2.75) is 13.8 Å². The summed E-state index contributed by atoms with van der Waals surface area (Å²) in [4.78, 5) is 9.07. The predicted octanol–water partition coefficient (Wildman–Crippen LogP) is 2.58. The first kappa shape index (κ1) is 12.8. The van der Waals surface area contributed by atoms with E-state index in [1.54, 1.807) is 6.07 Å². The molecule has 0 radical (unpaired) electrons. The van der Waals surface area contributed by atoms with Crippen LogP contribution in [0.2, 0.25) is 5.15 Å². The first-order valence-corrected chi connectivity index (χ1v) is 6.43. The molecular weight excluding hydrogens is 276 g/mol. The molecule has 0 unspecified atom stereocenters. The molecule has 0 bridgehead atoms. The number of hydrazine groups is 1. The Balaban J connectivity index is 2.28. The Hall–Kier alpha value is -2.18. The smallest absolute Gasteiger partial charge is 0.169 e. The number of nitrogen functional groups attached to an aromatic ring is 1. The van der Waals surface area contributed by atoms with Gasteiger partial charge in [-0.05, 0) is 37.1 Å². The summed E-state index contributed by atoms with van der Waals surface area (Å²) in [5.41, 5.74) is 7.61. The second-order valence-electron chi connectivity index (χ2n) is 4.59. The SMILES string of the molecule is Cc1cc2nc(NN)c(-c3cc(Cl)[nH]n3)nc2cc1C. The lowest BCUT2D eigenvalue weighted by atomic mass is 10.1. The van der Waals surface area contributed by atoms with Gasteiger partial charge in [-0.1, -0.05) is 11.6 Å². The quantitative estimate of drug-likeness (QED) is 0.498. The number of aromatic nitrogens is 4. The highest BCUT2D eigenvalue weighted by Gasteiger charge is 2.13. The molecule has 20 heavy (non-hydrogen) atoms. The molecule has 0 aliphatic heterocycles. The lowest BCUT2D eigenvalue weighted by Gasteiger charge is -2.08.